The van der Waals surface area contributed by atoms with E-state index < -0.39 is 0 Å². The smallest absolute Gasteiger partial charge is 0.199 e. The highest BCUT2D eigenvalue weighted by Crippen LogP contribution is 2.64. The molecule has 0 aliphatic carbocycles. The van der Waals surface area contributed by atoms with E-state index in [0.717, 1.165) is 12.2 Å². The zero-order valence-electron chi connectivity index (χ0n) is 19.6. The highest BCUT2D eigenvalue weighted by Gasteiger charge is 2.46. The number of aromatic nitrogens is 1. The summed E-state index contributed by atoms with van der Waals surface area (Å²) in [5, 5.41) is 0. The van der Waals surface area contributed by atoms with Crippen molar-refractivity contribution in [3.63, 3.8) is 0 Å². The third-order valence-corrected chi connectivity index (χ3v) is 11.3. The van der Waals surface area contributed by atoms with Gasteiger partial charge in [-0.05, 0) is 48.7 Å². The van der Waals surface area contributed by atoms with Crippen molar-refractivity contribution >= 4 is 35.3 Å². The van der Waals surface area contributed by atoms with Gasteiger partial charge < -0.3 is 9.72 Å². The molecule has 0 saturated heterocycles. The van der Waals surface area contributed by atoms with Gasteiger partial charge in [0.05, 0.1) is 14.7 Å². The van der Waals surface area contributed by atoms with E-state index in [-0.39, 0.29) is 9.01 Å². The number of unbranched alkanes of at least 4 members (excludes halogenated alkanes) is 4. The van der Waals surface area contributed by atoms with E-state index in [4.69, 9.17) is 4.74 Å². The molecular formula is C28H33NOS3. The summed E-state index contributed by atoms with van der Waals surface area (Å²) in [6, 6.07) is 19.8. The van der Waals surface area contributed by atoms with Gasteiger partial charge in [0.1, 0.15) is 5.75 Å². The molecule has 0 amide bonds. The number of thioether (sulfide) groups is 3. The third-order valence-electron chi connectivity index (χ3n) is 6.55. The zero-order valence-corrected chi connectivity index (χ0v) is 22.0. The second-order valence-corrected chi connectivity index (χ2v) is 13.3. The first-order valence-electron chi connectivity index (χ1n) is 12.3. The van der Waals surface area contributed by atoms with Crippen LogP contribution in [0.1, 0.15) is 76.5 Å². The number of fused-ring (bicyclic) bond motifs is 2. The number of para-hydroxylation sites is 1. The standard InChI is InChI=1S/C28H33NOS3/c1-3-5-11-17-27(30-22-13-7-8-14-23(22)31-27)26-19-21(20-29-26)28(18-12-6-4-2)32-24-15-9-10-16-25(24)33-28/h7-10,13-16,19-20,29H,3-6,11-12,17-18H2,1-2H3. The Morgan fingerprint density at radius 1 is 0.758 bits per heavy atom. The Hall–Kier alpha value is -1.43. The highest BCUT2D eigenvalue weighted by molar-refractivity contribution is 8.20. The van der Waals surface area contributed by atoms with Gasteiger partial charge >= 0.3 is 0 Å². The average Bonchev–Trinajstić information content (AvgIpc) is 3.55. The van der Waals surface area contributed by atoms with Crippen LogP contribution in [-0.4, -0.2) is 4.98 Å². The van der Waals surface area contributed by atoms with Gasteiger partial charge in [0, 0.05) is 22.4 Å². The monoisotopic (exact) mass is 495 g/mol. The van der Waals surface area contributed by atoms with E-state index >= 15 is 0 Å². The van der Waals surface area contributed by atoms with Crippen LogP contribution in [0.5, 0.6) is 5.75 Å². The molecule has 5 rings (SSSR count). The molecule has 3 aromatic rings. The fourth-order valence-corrected chi connectivity index (χ4v) is 9.33. The van der Waals surface area contributed by atoms with Crippen molar-refractivity contribution in [3.8, 4) is 5.75 Å². The van der Waals surface area contributed by atoms with E-state index in [9.17, 15) is 0 Å². The van der Waals surface area contributed by atoms with Gasteiger partial charge in [-0.2, -0.15) is 0 Å². The van der Waals surface area contributed by atoms with E-state index in [0.29, 0.717) is 0 Å². The maximum absolute atomic E-state index is 6.71. The minimum Gasteiger partial charge on any atom is -0.469 e. The van der Waals surface area contributed by atoms with Gasteiger partial charge in [-0.15, -0.1) is 23.5 Å². The highest BCUT2D eigenvalue weighted by atomic mass is 32.2. The maximum Gasteiger partial charge on any atom is 0.199 e. The molecule has 0 saturated carbocycles. The van der Waals surface area contributed by atoms with E-state index in [2.05, 4.69) is 79.6 Å². The largest absolute Gasteiger partial charge is 0.469 e. The van der Waals surface area contributed by atoms with Gasteiger partial charge in [0.25, 0.3) is 0 Å². The summed E-state index contributed by atoms with van der Waals surface area (Å²) in [6.07, 6.45) is 11.9. The second-order valence-electron chi connectivity index (χ2n) is 9.02. The molecule has 1 unspecified atom stereocenters. The lowest BCUT2D eigenvalue weighted by Crippen LogP contribution is -2.26. The summed E-state index contributed by atoms with van der Waals surface area (Å²) >= 11 is 5.98. The van der Waals surface area contributed by atoms with Crippen LogP contribution in [0.15, 0.2) is 75.5 Å². The lowest BCUT2D eigenvalue weighted by molar-refractivity contribution is 0.155. The summed E-state index contributed by atoms with van der Waals surface area (Å²) in [4.78, 5) is 7.42. The van der Waals surface area contributed by atoms with E-state index in [1.54, 1.807) is 0 Å². The van der Waals surface area contributed by atoms with E-state index in [1.807, 2.05) is 35.3 Å². The number of benzene rings is 2. The molecule has 0 radical (unpaired) electrons. The Morgan fingerprint density at radius 2 is 1.39 bits per heavy atom. The number of rotatable bonds is 10. The molecule has 2 nitrogen and oxygen atoms in total. The molecule has 174 valence electrons. The molecule has 5 heteroatoms. The van der Waals surface area contributed by atoms with Crippen molar-refractivity contribution in [3.05, 3.63) is 72.1 Å². The van der Waals surface area contributed by atoms with Gasteiger partial charge in [-0.3, -0.25) is 0 Å². The van der Waals surface area contributed by atoms with Crippen molar-refractivity contribution in [1.29, 1.82) is 0 Å². The molecule has 0 fully saturated rings. The SMILES string of the molecule is CCCCCC1(c2cc(C3(CCCCC)Sc4ccccc4S3)c[nH]2)Oc2ccccc2S1. The Kier molecular flexibility index (Phi) is 7.10. The predicted octanol–water partition coefficient (Wildman–Crippen LogP) is 9.56. The van der Waals surface area contributed by atoms with Crippen LogP contribution in [0.25, 0.3) is 0 Å². The van der Waals surface area contributed by atoms with Crippen LogP contribution in [0.2, 0.25) is 0 Å². The molecule has 1 atom stereocenters. The van der Waals surface area contributed by atoms with Crippen LogP contribution in [0.4, 0.5) is 0 Å². The van der Waals surface area contributed by atoms with Crippen molar-refractivity contribution in [2.45, 2.75) is 88.9 Å². The summed E-state index contributed by atoms with van der Waals surface area (Å²) in [6.45, 7) is 4.56. The molecule has 2 aromatic carbocycles. The topological polar surface area (TPSA) is 25.0 Å². The minimum absolute atomic E-state index is 0.0360. The van der Waals surface area contributed by atoms with Gasteiger partial charge in [0.15, 0.2) is 4.93 Å². The molecule has 3 heterocycles. The number of hydrogen-bond donors (Lipinski definition) is 1. The fraction of sp³-hybridized carbons (Fsp3) is 0.429. The van der Waals surface area contributed by atoms with Crippen LogP contribution < -0.4 is 4.74 Å². The maximum atomic E-state index is 6.71. The second kappa shape index (κ2) is 10.1. The number of ether oxygens (including phenoxy) is 1. The van der Waals surface area contributed by atoms with Crippen molar-refractivity contribution in [2.75, 3.05) is 0 Å². The van der Waals surface area contributed by atoms with Crippen LogP contribution in [-0.2, 0) is 9.01 Å². The molecule has 33 heavy (non-hydrogen) atoms. The van der Waals surface area contributed by atoms with Crippen LogP contribution >= 0.6 is 35.3 Å². The summed E-state index contributed by atoms with van der Waals surface area (Å²) in [5.41, 5.74) is 2.61. The summed E-state index contributed by atoms with van der Waals surface area (Å²) < 4.78 is 6.75. The minimum atomic E-state index is -0.359. The van der Waals surface area contributed by atoms with Crippen LogP contribution in [0.3, 0.4) is 0 Å². The Balaban J connectivity index is 1.47. The number of H-pyrrole nitrogens is 1. The fourth-order valence-electron chi connectivity index (χ4n) is 4.75. The molecule has 0 bridgehead atoms. The predicted molar refractivity (Wildman–Crippen MR) is 144 cm³/mol. The third kappa shape index (κ3) is 4.61. The summed E-state index contributed by atoms with van der Waals surface area (Å²) in [5.74, 6) is 1.02. The van der Waals surface area contributed by atoms with Crippen molar-refractivity contribution < 1.29 is 4.74 Å². The Morgan fingerprint density at radius 3 is 2.06 bits per heavy atom. The summed E-state index contributed by atoms with van der Waals surface area (Å²) in [7, 11) is 0. The first kappa shape index (κ1) is 23.3. The van der Waals surface area contributed by atoms with Crippen LogP contribution in [0, 0.1) is 0 Å². The Bertz CT molecular complexity index is 958. The first-order valence-corrected chi connectivity index (χ1v) is 14.8. The zero-order chi connectivity index (χ0) is 22.7. The molecule has 2 aliphatic rings. The molecular weight excluding hydrogens is 463 g/mol. The average molecular weight is 496 g/mol. The number of nitrogens with one attached hydrogen (secondary N) is 1. The van der Waals surface area contributed by atoms with Gasteiger partial charge in [-0.1, -0.05) is 82.0 Å². The molecule has 1 N–H and O–H groups in total. The molecule has 1 aromatic heterocycles. The Labute approximate surface area is 211 Å². The normalized spacial score (nSPS) is 20.4. The lowest BCUT2D eigenvalue weighted by Gasteiger charge is -2.28. The molecule has 0 spiro atoms. The van der Waals surface area contributed by atoms with Crippen molar-refractivity contribution in [2.24, 2.45) is 0 Å². The quantitative estimate of drug-likeness (QED) is 0.283. The van der Waals surface area contributed by atoms with Crippen molar-refractivity contribution in [1.82, 2.24) is 4.98 Å². The van der Waals surface area contributed by atoms with Gasteiger partial charge in [0.2, 0.25) is 0 Å². The van der Waals surface area contributed by atoms with Gasteiger partial charge in [-0.25, -0.2) is 0 Å². The number of hydrogen-bond acceptors (Lipinski definition) is 4. The molecule has 2 aliphatic heterocycles. The number of aromatic amines is 1. The van der Waals surface area contributed by atoms with E-state index in [1.165, 1.54) is 70.9 Å². The first-order chi connectivity index (χ1) is 16.2. The lowest BCUT2D eigenvalue weighted by atomic mass is 10.0.